The van der Waals surface area contributed by atoms with E-state index in [1.54, 1.807) is 85.0 Å². The summed E-state index contributed by atoms with van der Waals surface area (Å²) in [4.78, 5) is 102. The standard InChI is InChI=1S/C60H76FN5O12/c1-38(67)29-42(34-51(69)76-58(2,3)4)56(73)65-45(36-53(71)78-60(8,9)10)49(68)33-43(35-52(70)77-59(5,6)7)55(72)62-27-19-11-12-20-28-75-50-26-25-40(30-44(50)61)32-47-57(74)66-37-48(41-23-17-14-18-24-41)63-46(54(66)64-47)31-39-21-15-13-16-22-39/h13-18,21-26,30,37,42-43,45,74H,11-12,19-20,27-29,31-36H2,1-10H3,(H,62,72)(H,65,73)/t42-,43-,45-/m0/s1. The molecule has 2 amide bonds. The second-order valence-corrected chi connectivity index (χ2v) is 22.6. The van der Waals surface area contributed by atoms with Crippen LogP contribution in [0.3, 0.4) is 0 Å². The first-order valence-electron chi connectivity index (χ1n) is 26.5. The minimum absolute atomic E-state index is 0.0605. The molecule has 3 aromatic carbocycles. The van der Waals surface area contributed by atoms with Crippen LogP contribution < -0.4 is 15.4 Å². The van der Waals surface area contributed by atoms with Crippen LogP contribution in [0.2, 0.25) is 0 Å². The Morgan fingerprint density at radius 2 is 1.18 bits per heavy atom. The number of imidazole rings is 1. The number of benzene rings is 3. The molecule has 0 saturated carbocycles. The van der Waals surface area contributed by atoms with Gasteiger partial charge in [-0.05, 0) is 105 Å². The summed E-state index contributed by atoms with van der Waals surface area (Å²) in [7, 11) is 0. The number of aromatic nitrogens is 3. The van der Waals surface area contributed by atoms with Crippen molar-refractivity contribution >= 4 is 46.9 Å². The summed E-state index contributed by atoms with van der Waals surface area (Å²) in [5, 5.41) is 16.7. The number of halogens is 1. The molecule has 0 bridgehead atoms. The van der Waals surface area contributed by atoms with Crippen molar-refractivity contribution in [3.8, 4) is 22.9 Å². The Bertz CT molecular complexity index is 2890. The molecule has 78 heavy (non-hydrogen) atoms. The topological polar surface area (TPSA) is 231 Å². The van der Waals surface area contributed by atoms with Crippen molar-refractivity contribution < 1.29 is 62.0 Å². The maximum Gasteiger partial charge on any atom is 0.308 e. The predicted octanol–water partition coefficient (Wildman–Crippen LogP) is 9.33. The number of unbranched alkanes of at least 4 members (excludes halogenated alkanes) is 3. The van der Waals surface area contributed by atoms with Crippen LogP contribution in [-0.4, -0.2) is 96.8 Å². The molecule has 0 fully saturated rings. The quantitative estimate of drug-likeness (QED) is 0.0253. The minimum Gasteiger partial charge on any atom is -0.493 e. The lowest BCUT2D eigenvalue weighted by molar-refractivity contribution is -0.159. The molecule has 2 aromatic heterocycles. The van der Waals surface area contributed by atoms with E-state index in [1.165, 1.54) is 13.0 Å². The molecule has 0 saturated heterocycles. The SMILES string of the molecule is CC(=O)C[C@@H](CC(=O)OC(C)(C)C)C(=O)N[C@@H](CC(=O)OC(C)(C)C)C(=O)C[C@@H](CC(=O)OC(C)(C)C)C(=O)NCCCCCCOc1ccc(Cc2nc3c(Cc4ccccc4)nc(-c4ccccc4)cn3c2O)cc1F. The van der Waals surface area contributed by atoms with Gasteiger partial charge in [0.25, 0.3) is 0 Å². The molecule has 3 atom stereocenters. The third-order valence-corrected chi connectivity index (χ3v) is 11.9. The van der Waals surface area contributed by atoms with Crippen LogP contribution in [0.4, 0.5) is 4.39 Å². The number of ketones is 2. The molecule has 0 aliphatic rings. The molecule has 0 spiro atoms. The van der Waals surface area contributed by atoms with Gasteiger partial charge < -0.3 is 39.5 Å². The zero-order valence-electron chi connectivity index (χ0n) is 46.7. The Morgan fingerprint density at radius 1 is 0.628 bits per heavy atom. The van der Waals surface area contributed by atoms with Gasteiger partial charge in [-0.15, -0.1) is 0 Å². The van der Waals surface area contributed by atoms with Gasteiger partial charge >= 0.3 is 17.9 Å². The van der Waals surface area contributed by atoms with Crippen LogP contribution in [-0.2, 0) is 60.6 Å². The predicted molar refractivity (Wildman–Crippen MR) is 291 cm³/mol. The zero-order chi connectivity index (χ0) is 57.4. The maximum atomic E-state index is 15.5. The third kappa shape index (κ3) is 20.5. The number of carbonyl (C=O) groups is 7. The van der Waals surface area contributed by atoms with E-state index in [1.807, 2.05) is 60.7 Å². The van der Waals surface area contributed by atoms with Gasteiger partial charge in [-0.1, -0.05) is 79.6 Å². The van der Waals surface area contributed by atoms with Gasteiger partial charge in [0, 0.05) is 44.0 Å². The molecule has 17 nitrogen and oxygen atoms in total. The number of rotatable bonds is 27. The fraction of sp³-hybridized carbons (Fsp3) is 0.483. The third-order valence-electron chi connectivity index (χ3n) is 11.9. The summed E-state index contributed by atoms with van der Waals surface area (Å²) in [5.74, 6) is -8.04. The summed E-state index contributed by atoms with van der Waals surface area (Å²) < 4.78 is 39.2. The fourth-order valence-electron chi connectivity index (χ4n) is 8.50. The number of ether oxygens (including phenoxy) is 4. The molecule has 5 rings (SSSR count). The highest BCUT2D eigenvalue weighted by Crippen LogP contribution is 2.30. The van der Waals surface area contributed by atoms with Crippen LogP contribution in [0.1, 0.15) is 150 Å². The van der Waals surface area contributed by atoms with Crippen LogP contribution >= 0.6 is 0 Å². The summed E-state index contributed by atoms with van der Waals surface area (Å²) in [6.07, 6.45) is 2.25. The average molecular weight is 1080 g/mol. The van der Waals surface area contributed by atoms with E-state index in [0.717, 1.165) is 11.1 Å². The Morgan fingerprint density at radius 3 is 1.76 bits per heavy atom. The molecule has 2 heterocycles. The monoisotopic (exact) mass is 1080 g/mol. The van der Waals surface area contributed by atoms with E-state index in [0.29, 0.717) is 60.4 Å². The number of hydrogen-bond acceptors (Lipinski definition) is 14. The Kier molecular flexibility index (Phi) is 21.8. The number of esters is 3. The molecule has 18 heteroatoms. The first-order valence-corrected chi connectivity index (χ1v) is 26.5. The molecular formula is C60H76FN5O12. The number of amides is 2. The summed E-state index contributed by atoms with van der Waals surface area (Å²) in [6.45, 7) is 16.4. The highest BCUT2D eigenvalue weighted by Gasteiger charge is 2.35. The van der Waals surface area contributed by atoms with E-state index < -0.39 is 107 Å². The summed E-state index contributed by atoms with van der Waals surface area (Å²) in [5.41, 5.74) is 2.00. The zero-order valence-corrected chi connectivity index (χ0v) is 46.7. The van der Waals surface area contributed by atoms with Crippen molar-refractivity contribution in [1.29, 1.82) is 0 Å². The number of nitrogens with one attached hydrogen (secondary N) is 2. The molecule has 3 N–H and O–H groups in total. The molecule has 420 valence electrons. The van der Waals surface area contributed by atoms with E-state index in [4.69, 9.17) is 28.9 Å². The van der Waals surface area contributed by atoms with Gasteiger partial charge in [0.2, 0.25) is 17.7 Å². The van der Waals surface area contributed by atoms with Crippen LogP contribution in [0.5, 0.6) is 11.6 Å². The molecule has 0 aliphatic carbocycles. The van der Waals surface area contributed by atoms with Gasteiger partial charge in [0.05, 0.1) is 55.1 Å². The molecule has 5 aromatic rings. The van der Waals surface area contributed by atoms with Gasteiger partial charge in [-0.2, -0.15) is 0 Å². The second kappa shape index (κ2) is 27.7. The molecule has 0 unspecified atom stereocenters. The molecule has 0 aliphatic heterocycles. The van der Waals surface area contributed by atoms with Crippen molar-refractivity contribution in [2.75, 3.05) is 13.2 Å². The Hall–Kier alpha value is -7.50. The highest BCUT2D eigenvalue weighted by atomic mass is 19.1. The summed E-state index contributed by atoms with van der Waals surface area (Å²) in [6, 6.07) is 22.6. The highest BCUT2D eigenvalue weighted by molar-refractivity contribution is 5.97. The van der Waals surface area contributed by atoms with Crippen molar-refractivity contribution in [2.24, 2.45) is 11.8 Å². The van der Waals surface area contributed by atoms with Crippen molar-refractivity contribution in [1.82, 2.24) is 25.0 Å². The molecular weight excluding hydrogens is 1000 g/mol. The first-order chi connectivity index (χ1) is 36.6. The number of hydrogen-bond donors (Lipinski definition) is 3. The second-order valence-electron chi connectivity index (χ2n) is 22.6. The number of Topliss-reactive ketones (excluding diaryl/α,β-unsaturated/α-hetero) is 2. The minimum atomic E-state index is -1.55. The number of aromatic hydroxyl groups is 1. The van der Waals surface area contributed by atoms with Crippen molar-refractivity contribution in [3.05, 3.63) is 113 Å². The van der Waals surface area contributed by atoms with Crippen LogP contribution in [0.25, 0.3) is 16.9 Å². The first kappa shape index (κ1) is 61.4. The normalized spacial score (nSPS) is 13.0. The van der Waals surface area contributed by atoms with Crippen molar-refractivity contribution in [3.63, 3.8) is 0 Å². The van der Waals surface area contributed by atoms with E-state index in [2.05, 4.69) is 10.6 Å². The fourth-order valence-corrected chi connectivity index (χ4v) is 8.50. The molecule has 0 radical (unpaired) electrons. The van der Waals surface area contributed by atoms with Crippen molar-refractivity contribution in [2.45, 2.75) is 163 Å². The Balaban J connectivity index is 1.16. The van der Waals surface area contributed by atoms with Crippen LogP contribution in [0.15, 0.2) is 85.1 Å². The lowest BCUT2D eigenvalue weighted by atomic mass is 9.92. The largest absolute Gasteiger partial charge is 0.493 e. The number of carbonyl (C=O) groups excluding carboxylic acids is 7. The van der Waals surface area contributed by atoms with Gasteiger partial charge in [-0.3, -0.25) is 33.2 Å². The maximum absolute atomic E-state index is 15.5. The number of nitrogens with zero attached hydrogens (tertiary/aromatic N) is 3. The van der Waals surface area contributed by atoms with Gasteiger partial charge in [-0.25, -0.2) is 14.4 Å². The van der Waals surface area contributed by atoms with Crippen LogP contribution in [0, 0.1) is 17.7 Å². The van der Waals surface area contributed by atoms with E-state index >= 15 is 4.39 Å². The lowest BCUT2D eigenvalue weighted by Crippen LogP contribution is -2.47. The van der Waals surface area contributed by atoms with Gasteiger partial charge in [0.15, 0.2) is 23.0 Å². The smallest absolute Gasteiger partial charge is 0.308 e. The summed E-state index contributed by atoms with van der Waals surface area (Å²) >= 11 is 0. The lowest BCUT2D eigenvalue weighted by Gasteiger charge is -2.26. The van der Waals surface area contributed by atoms with E-state index in [-0.39, 0.29) is 37.6 Å². The average Bonchev–Trinajstić information content (AvgIpc) is 3.72. The Labute approximate surface area is 456 Å². The number of fused-ring (bicyclic) bond motifs is 1. The van der Waals surface area contributed by atoms with E-state index in [9.17, 15) is 38.7 Å². The van der Waals surface area contributed by atoms with Gasteiger partial charge in [0.1, 0.15) is 28.3 Å².